The number of imidazole rings is 1. The zero-order chi connectivity index (χ0) is 14.6. The van der Waals surface area contributed by atoms with E-state index in [2.05, 4.69) is 11.5 Å². The molecular weight excluding hydrogens is 264 g/mol. The number of aromatic carboxylic acids is 1. The molecule has 1 aromatic heterocycles. The zero-order valence-corrected chi connectivity index (χ0v) is 12.3. The Morgan fingerprint density at radius 1 is 1.43 bits per heavy atom. The molecule has 1 N–H and O–H groups in total. The molecule has 4 rings (SSSR count). The van der Waals surface area contributed by atoms with E-state index in [0.717, 1.165) is 17.5 Å². The Bertz CT molecular complexity index is 718. The summed E-state index contributed by atoms with van der Waals surface area (Å²) < 4.78 is 2.40. The monoisotopic (exact) mass is 284 g/mol. The van der Waals surface area contributed by atoms with Gasteiger partial charge in [0.2, 0.25) is 0 Å². The van der Waals surface area contributed by atoms with Gasteiger partial charge in [0.25, 0.3) is 0 Å². The highest BCUT2D eigenvalue weighted by Gasteiger charge is 2.42. The van der Waals surface area contributed by atoms with Gasteiger partial charge < -0.3 is 9.67 Å². The first-order valence-electron chi connectivity index (χ1n) is 7.91. The topological polar surface area (TPSA) is 55.1 Å². The summed E-state index contributed by atoms with van der Waals surface area (Å²) in [5, 5.41) is 9.27. The number of aromatic nitrogens is 2. The Balaban J connectivity index is 1.97. The predicted octanol–water partition coefficient (Wildman–Crippen LogP) is 3.90. The van der Waals surface area contributed by atoms with Gasteiger partial charge in [-0.2, -0.15) is 0 Å². The van der Waals surface area contributed by atoms with Crippen LogP contribution < -0.4 is 0 Å². The molecule has 4 nitrogen and oxygen atoms in total. The number of benzene rings is 1. The summed E-state index contributed by atoms with van der Waals surface area (Å²) >= 11 is 0. The largest absolute Gasteiger partial charge is 0.478 e. The van der Waals surface area contributed by atoms with E-state index in [4.69, 9.17) is 4.98 Å². The van der Waals surface area contributed by atoms with Crippen LogP contribution in [0, 0.1) is 0 Å². The molecule has 110 valence electrons. The van der Waals surface area contributed by atoms with Crippen LogP contribution in [0.4, 0.5) is 0 Å². The molecule has 0 aliphatic heterocycles. The second-order valence-corrected chi connectivity index (χ2v) is 6.52. The quantitative estimate of drug-likeness (QED) is 0.926. The second-order valence-electron chi connectivity index (χ2n) is 6.52. The lowest BCUT2D eigenvalue weighted by molar-refractivity contribution is 0.0697. The van der Waals surface area contributed by atoms with Crippen LogP contribution in [0.3, 0.4) is 0 Å². The summed E-state index contributed by atoms with van der Waals surface area (Å²) in [5.41, 5.74) is 2.49. The minimum Gasteiger partial charge on any atom is -0.478 e. The molecule has 0 saturated heterocycles. The van der Waals surface area contributed by atoms with Crippen LogP contribution >= 0.6 is 0 Å². The lowest BCUT2D eigenvalue weighted by Gasteiger charge is -2.44. The smallest absolute Gasteiger partial charge is 0.335 e. The van der Waals surface area contributed by atoms with Gasteiger partial charge in [0.15, 0.2) is 0 Å². The van der Waals surface area contributed by atoms with Crippen molar-refractivity contribution in [3.63, 3.8) is 0 Å². The van der Waals surface area contributed by atoms with Crippen molar-refractivity contribution in [1.29, 1.82) is 0 Å². The van der Waals surface area contributed by atoms with Crippen molar-refractivity contribution in [2.75, 3.05) is 0 Å². The van der Waals surface area contributed by atoms with E-state index < -0.39 is 5.97 Å². The van der Waals surface area contributed by atoms with Crippen molar-refractivity contribution in [2.45, 2.75) is 56.9 Å². The van der Waals surface area contributed by atoms with Crippen molar-refractivity contribution in [2.24, 2.45) is 0 Å². The molecule has 0 unspecified atom stereocenters. The van der Waals surface area contributed by atoms with E-state index in [1.165, 1.54) is 37.9 Å². The van der Waals surface area contributed by atoms with E-state index in [0.29, 0.717) is 11.5 Å². The van der Waals surface area contributed by atoms with E-state index in [9.17, 15) is 9.90 Å². The molecule has 0 radical (unpaired) electrons. The maximum absolute atomic E-state index is 11.3. The first kappa shape index (κ1) is 12.9. The van der Waals surface area contributed by atoms with Crippen LogP contribution in [0.15, 0.2) is 18.2 Å². The molecule has 2 aliphatic carbocycles. The molecule has 1 aromatic carbocycles. The highest BCUT2D eigenvalue weighted by molar-refractivity contribution is 5.92. The predicted molar refractivity (Wildman–Crippen MR) is 80.8 cm³/mol. The van der Waals surface area contributed by atoms with E-state index >= 15 is 0 Å². The summed E-state index contributed by atoms with van der Waals surface area (Å²) in [6.45, 7) is 2.24. The number of nitrogens with zero attached hydrogens (tertiary/aromatic N) is 2. The van der Waals surface area contributed by atoms with Gasteiger partial charge in [0.1, 0.15) is 5.82 Å². The number of carboxylic acids is 1. The maximum atomic E-state index is 11.3. The molecule has 2 aliphatic rings. The Morgan fingerprint density at radius 2 is 2.19 bits per heavy atom. The van der Waals surface area contributed by atoms with Crippen molar-refractivity contribution in [3.05, 3.63) is 29.6 Å². The average Bonchev–Trinajstić information content (AvgIpc) is 3.20. The third kappa shape index (κ3) is 1.81. The Labute approximate surface area is 123 Å². The molecule has 0 spiro atoms. The van der Waals surface area contributed by atoms with Gasteiger partial charge in [0, 0.05) is 11.5 Å². The minimum absolute atomic E-state index is 0.170. The van der Waals surface area contributed by atoms with E-state index in [-0.39, 0.29) is 5.54 Å². The van der Waals surface area contributed by atoms with Gasteiger partial charge in [0.05, 0.1) is 16.6 Å². The van der Waals surface area contributed by atoms with Gasteiger partial charge in [-0.3, -0.25) is 0 Å². The number of hydrogen-bond acceptors (Lipinski definition) is 2. The van der Waals surface area contributed by atoms with Gasteiger partial charge >= 0.3 is 5.97 Å². The van der Waals surface area contributed by atoms with Gasteiger partial charge in [-0.15, -0.1) is 0 Å². The van der Waals surface area contributed by atoms with Crippen LogP contribution in [0.2, 0.25) is 0 Å². The Hall–Kier alpha value is -1.84. The number of rotatable bonds is 4. The number of hydrogen-bond donors (Lipinski definition) is 1. The lowest BCUT2D eigenvalue weighted by atomic mass is 9.74. The van der Waals surface area contributed by atoms with Crippen molar-refractivity contribution in [3.8, 4) is 0 Å². The summed E-state index contributed by atoms with van der Waals surface area (Å²) in [7, 11) is 0. The van der Waals surface area contributed by atoms with Gasteiger partial charge in [-0.1, -0.05) is 6.92 Å². The maximum Gasteiger partial charge on any atom is 0.335 e. The molecule has 0 amide bonds. The highest BCUT2D eigenvalue weighted by Crippen LogP contribution is 2.49. The first-order valence-corrected chi connectivity index (χ1v) is 7.91. The van der Waals surface area contributed by atoms with Gasteiger partial charge in [-0.05, 0) is 56.7 Å². The molecular formula is C17H20N2O2. The minimum atomic E-state index is -0.864. The molecule has 0 bridgehead atoms. The normalized spacial score (nSPS) is 20.4. The molecule has 1 heterocycles. The van der Waals surface area contributed by atoms with E-state index in [1.807, 2.05) is 12.1 Å². The fourth-order valence-corrected chi connectivity index (χ4v) is 3.66. The van der Waals surface area contributed by atoms with Crippen LogP contribution in [-0.4, -0.2) is 20.6 Å². The summed E-state index contributed by atoms with van der Waals surface area (Å²) in [6.07, 6.45) is 7.16. The fraction of sp³-hybridized carbons (Fsp3) is 0.529. The third-order valence-corrected chi connectivity index (χ3v) is 5.29. The van der Waals surface area contributed by atoms with E-state index in [1.54, 1.807) is 6.07 Å². The van der Waals surface area contributed by atoms with Crippen molar-refractivity contribution >= 4 is 17.0 Å². The molecule has 2 fully saturated rings. The van der Waals surface area contributed by atoms with Crippen LogP contribution in [0.25, 0.3) is 11.0 Å². The highest BCUT2D eigenvalue weighted by atomic mass is 16.4. The Kier molecular flexibility index (Phi) is 2.65. The second kappa shape index (κ2) is 4.33. The number of carboxylic acid groups (broad SMARTS) is 1. The zero-order valence-electron chi connectivity index (χ0n) is 12.3. The third-order valence-electron chi connectivity index (χ3n) is 5.29. The number of fused-ring (bicyclic) bond motifs is 1. The summed E-state index contributed by atoms with van der Waals surface area (Å²) in [6, 6.07) is 5.34. The SMILES string of the molecule is CCC1(n2c(C3CC3)nc3ccc(C(=O)O)cc32)CCC1. The summed E-state index contributed by atoms with van der Waals surface area (Å²) in [5.74, 6) is 0.903. The van der Waals surface area contributed by atoms with Crippen molar-refractivity contribution < 1.29 is 9.90 Å². The van der Waals surface area contributed by atoms with Crippen molar-refractivity contribution in [1.82, 2.24) is 9.55 Å². The van der Waals surface area contributed by atoms with Crippen LogP contribution in [0.5, 0.6) is 0 Å². The molecule has 21 heavy (non-hydrogen) atoms. The fourth-order valence-electron chi connectivity index (χ4n) is 3.66. The van der Waals surface area contributed by atoms with Gasteiger partial charge in [-0.25, -0.2) is 9.78 Å². The molecule has 2 saturated carbocycles. The first-order chi connectivity index (χ1) is 10.1. The molecule has 2 aromatic rings. The standard InChI is InChI=1S/C17H20N2O2/c1-2-17(8-3-9-17)19-14-10-12(16(20)21)6-7-13(14)18-15(19)11-4-5-11/h6-7,10-11H,2-5,8-9H2,1H3,(H,20,21). The average molecular weight is 284 g/mol. The van der Waals surface area contributed by atoms with Crippen LogP contribution in [-0.2, 0) is 5.54 Å². The Morgan fingerprint density at radius 3 is 2.71 bits per heavy atom. The molecule has 0 atom stereocenters. The molecule has 4 heteroatoms. The number of carbonyl (C=O) groups is 1. The van der Waals surface area contributed by atoms with Crippen LogP contribution in [0.1, 0.15) is 67.5 Å². The summed E-state index contributed by atoms with van der Waals surface area (Å²) in [4.78, 5) is 16.1. The lowest BCUT2D eigenvalue weighted by Crippen LogP contribution is -2.40.